The van der Waals surface area contributed by atoms with Crippen molar-refractivity contribution < 1.29 is 4.79 Å². The summed E-state index contributed by atoms with van der Waals surface area (Å²) in [6, 6.07) is 12.0. The first kappa shape index (κ1) is 15.1. The fourth-order valence-corrected chi connectivity index (χ4v) is 3.44. The molecule has 2 heterocycles. The van der Waals surface area contributed by atoms with Gasteiger partial charge in [0, 0.05) is 22.5 Å². The molecule has 0 aliphatic rings. The summed E-state index contributed by atoms with van der Waals surface area (Å²) in [5.74, 6) is 0.0344. The molecule has 0 atom stereocenters. The number of carbonyl (C=O) groups excluding carboxylic acids is 1. The average molecular weight is 333 g/mol. The second-order valence-corrected chi connectivity index (χ2v) is 6.53. The van der Waals surface area contributed by atoms with E-state index in [1.54, 1.807) is 11.3 Å². The number of benzene rings is 1. The maximum Gasteiger partial charge on any atom is 0.239 e. The van der Waals surface area contributed by atoms with E-state index >= 15 is 0 Å². The van der Waals surface area contributed by atoms with Gasteiger partial charge in [-0.25, -0.2) is 0 Å². The molecule has 3 aromatic rings. The number of thiophene rings is 1. The number of carbonyl (C=O) groups is 1. The molecule has 0 unspecified atom stereocenters. The first-order valence-corrected chi connectivity index (χ1v) is 8.54. The number of hydrogen-bond donors (Lipinski definition) is 1. The van der Waals surface area contributed by atoms with E-state index < -0.39 is 0 Å². The molecule has 1 aromatic carbocycles. The van der Waals surface area contributed by atoms with Crippen LogP contribution in [0.1, 0.15) is 13.3 Å². The Kier molecular flexibility index (Phi) is 4.50. The molecule has 0 aliphatic carbocycles. The van der Waals surface area contributed by atoms with Crippen molar-refractivity contribution in [2.75, 3.05) is 6.54 Å². The smallest absolute Gasteiger partial charge is 0.239 e. The SMILES string of the molecule is CCCNC(=O)Cn1c(-c2cccs2)cc2cc(Cl)ccc21. The molecular weight excluding hydrogens is 316 g/mol. The predicted octanol–water partition coefficient (Wildman–Crippen LogP) is 4.55. The number of rotatable bonds is 5. The first-order valence-electron chi connectivity index (χ1n) is 7.28. The van der Waals surface area contributed by atoms with Crippen LogP contribution in [0.25, 0.3) is 21.5 Å². The van der Waals surface area contributed by atoms with Gasteiger partial charge >= 0.3 is 0 Å². The van der Waals surface area contributed by atoms with E-state index in [1.807, 2.05) is 36.6 Å². The van der Waals surface area contributed by atoms with Crippen molar-refractivity contribution in [3.63, 3.8) is 0 Å². The van der Waals surface area contributed by atoms with Gasteiger partial charge in [-0.2, -0.15) is 0 Å². The van der Waals surface area contributed by atoms with Gasteiger partial charge in [0.15, 0.2) is 0 Å². The number of fused-ring (bicyclic) bond motifs is 1. The van der Waals surface area contributed by atoms with Crippen LogP contribution in [-0.2, 0) is 11.3 Å². The molecule has 3 nitrogen and oxygen atoms in total. The van der Waals surface area contributed by atoms with E-state index in [-0.39, 0.29) is 5.91 Å². The van der Waals surface area contributed by atoms with Crippen molar-refractivity contribution in [1.29, 1.82) is 0 Å². The Hall–Kier alpha value is -1.78. The van der Waals surface area contributed by atoms with E-state index in [4.69, 9.17) is 11.6 Å². The Labute approximate surface area is 138 Å². The third-order valence-corrected chi connectivity index (χ3v) is 4.64. The summed E-state index contributed by atoms with van der Waals surface area (Å²) in [4.78, 5) is 13.3. The number of halogens is 1. The predicted molar refractivity (Wildman–Crippen MR) is 93.6 cm³/mol. The highest BCUT2D eigenvalue weighted by atomic mass is 35.5. The lowest BCUT2D eigenvalue weighted by atomic mass is 10.2. The largest absolute Gasteiger partial charge is 0.355 e. The highest BCUT2D eigenvalue weighted by Crippen LogP contribution is 2.32. The van der Waals surface area contributed by atoms with Gasteiger partial charge in [-0.05, 0) is 42.1 Å². The number of amides is 1. The van der Waals surface area contributed by atoms with Crippen LogP contribution in [-0.4, -0.2) is 17.0 Å². The summed E-state index contributed by atoms with van der Waals surface area (Å²) in [7, 11) is 0. The van der Waals surface area contributed by atoms with E-state index in [9.17, 15) is 4.79 Å². The minimum absolute atomic E-state index is 0.0344. The third kappa shape index (κ3) is 3.03. The molecule has 2 aromatic heterocycles. The molecule has 22 heavy (non-hydrogen) atoms. The van der Waals surface area contributed by atoms with Gasteiger partial charge in [0.25, 0.3) is 0 Å². The Bertz CT molecular complexity index is 792. The van der Waals surface area contributed by atoms with Crippen molar-refractivity contribution in [1.82, 2.24) is 9.88 Å². The average Bonchev–Trinajstić information content (AvgIpc) is 3.13. The monoisotopic (exact) mass is 332 g/mol. The highest BCUT2D eigenvalue weighted by Gasteiger charge is 2.14. The fourth-order valence-electron chi connectivity index (χ4n) is 2.50. The Morgan fingerprint density at radius 2 is 2.18 bits per heavy atom. The molecule has 0 bridgehead atoms. The zero-order valence-electron chi connectivity index (χ0n) is 12.3. The van der Waals surface area contributed by atoms with Crippen LogP contribution in [0.3, 0.4) is 0 Å². The van der Waals surface area contributed by atoms with Gasteiger partial charge in [0.05, 0.1) is 10.6 Å². The van der Waals surface area contributed by atoms with E-state index in [0.717, 1.165) is 27.9 Å². The zero-order valence-corrected chi connectivity index (χ0v) is 13.9. The van der Waals surface area contributed by atoms with Crippen LogP contribution in [0, 0.1) is 0 Å². The standard InChI is InChI=1S/C17H17ClN2OS/c1-2-7-19-17(21)11-20-14-6-5-13(18)9-12(14)10-15(20)16-4-3-8-22-16/h3-6,8-10H,2,7,11H2,1H3,(H,19,21). The number of hydrogen-bond acceptors (Lipinski definition) is 2. The fraction of sp³-hybridized carbons (Fsp3) is 0.235. The molecular formula is C17H17ClN2OS. The van der Waals surface area contributed by atoms with Gasteiger partial charge in [-0.15, -0.1) is 11.3 Å². The van der Waals surface area contributed by atoms with Gasteiger partial charge < -0.3 is 9.88 Å². The normalized spacial score (nSPS) is 11.0. The van der Waals surface area contributed by atoms with Gasteiger partial charge in [0.2, 0.25) is 5.91 Å². The molecule has 0 spiro atoms. The minimum Gasteiger partial charge on any atom is -0.355 e. The molecule has 0 aliphatic heterocycles. The number of aromatic nitrogens is 1. The van der Waals surface area contributed by atoms with Crippen LogP contribution in [0.4, 0.5) is 0 Å². The summed E-state index contributed by atoms with van der Waals surface area (Å²) in [5.41, 5.74) is 2.08. The van der Waals surface area contributed by atoms with Crippen molar-refractivity contribution in [3.05, 3.63) is 46.8 Å². The number of nitrogens with zero attached hydrogens (tertiary/aromatic N) is 1. The molecule has 5 heteroatoms. The maximum atomic E-state index is 12.1. The third-order valence-electron chi connectivity index (χ3n) is 3.51. The summed E-state index contributed by atoms with van der Waals surface area (Å²) >= 11 is 7.76. The van der Waals surface area contributed by atoms with Crippen molar-refractivity contribution in [2.24, 2.45) is 0 Å². The summed E-state index contributed by atoms with van der Waals surface area (Å²) in [6.07, 6.45) is 0.936. The topological polar surface area (TPSA) is 34.0 Å². The minimum atomic E-state index is 0.0344. The van der Waals surface area contributed by atoms with Crippen molar-refractivity contribution in [2.45, 2.75) is 19.9 Å². The maximum absolute atomic E-state index is 12.1. The summed E-state index contributed by atoms with van der Waals surface area (Å²) in [5, 5.41) is 6.74. The highest BCUT2D eigenvalue weighted by molar-refractivity contribution is 7.13. The Morgan fingerprint density at radius 3 is 2.91 bits per heavy atom. The molecule has 114 valence electrons. The van der Waals surface area contributed by atoms with E-state index in [1.165, 1.54) is 0 Å². The first-order chi connectivity index (χ1) is 10.7. The Morgan fingerprint density at radius 1 is 1.32 bits per heavy atom. The van der Waals surface area contributed by atoms with Crippen LogP contribution >= 0.6 is 22.9 Å². The molecule has 0 fully saturated rings. The van der Waals surface area contributed by atoms with Crippen LogP contribution < -0.4 is 5.32 Å². The van der Waals surface area contributed by atoms with Crippen molar-refractivity contribution in [3.8, 4) is 10.6 Å². The van der Waals surface area contributed by atoms with Crippen LogP contribution in [0.2, 0.25) is 5.02 Å². The van der Waals surface area contributed by atoms with E-state index in [2.05, 4.69) is 22.0 Å². The van der Waals surface area contributed by atoms with E-state index in [0.29, 0.717) is 18.1 Å². The molecule has 0 saturated heterocycles. The van der Waals surface area contributed by atoms with Gasteiger partial charge in [-0.3, -0.25) is 4.79 Å². The lowest BCUT2D eigenvalue weighted by molar-refractivity contribution is -0.121. The van der Waals surface area contributed by atoms with Crippen LogP contribution in [0.15, 0.2) is 41.8 Å². The molecule has 3 rings (SSSR count). The summed E-state index contributed by atoms with van der Waals surface area (Å²) < 4.78 is 2.06. The van der Waals surface area contributed by atoms with Gasteiger partial charge in [0.1, 0.15) is 6.54 Å². The lowest BCUT2D eigenvalue weighted by Crippen LogP contribution is -2.28. The second kappa shape index (κ2) is 6.55. The molecule has 1 N–H and O–H groups in total. The van der Waals surface area contributed by atoms with Crippen LogP contribution in [0.5, 0.6) is 0 Å². The second-order valence-electron chi connectivity index (χ2n) is 5.15. The lowest BCUT2D eigenvalue weighted by Gasteiger charge is -2.10. The molecule has 0 radical (unpaired) electrons. The van der Waals surface area contributed by atoms with Crippen molar-refractivity contribution >= 4 is 39.7 Å². The molecule has 0 saturated carbocycles. The quantitative estimate of drug-likeness (QED) is 0.730. The van der Waals surface area contributed by atoms with Gasteiger partial charge in [-0.1, -0.05) is 24.6 Å². The number of nitrogens with one attached hydrogen (secondary N) is 1. The molecule has 1 amide bonds. The zero-order chi connectivity index (χ0) is 15.5. The summed E-state index contributed by atoms with van der Waals surface area (Å²) in [6.45, 7) is 3.07. The Balaban J connectivity index is 2.05.